The fourth-order valence-electron chi connectivity index (χ4n) is 5.01. The first-order valence-electron chi connectivity index (χ1n) is 14.6. The van der Waals surface area contributed by atoms with E-state index in [4.69, 9.17) is 28.4 Å². The molecule has 0 bridgehead atoms. The Labute approximate surface area is 253 Å². The summed E-state index contributed by atoms with van der Waals surface area (Å²) in [6, 6.07) is 39.5. The summed E-state index contributed by atoms with van der Waals surface area (Å²) in [6.45, 7) is 2.87. The number of ether oxygens (including phenoxy) is 6. The largest absolute Gasteiger partial charge is 0.454 e. The van der Waals surface area contributed by atoms with Crippen LogP contribution < -0.4 is 0 Å². The van der Waals surface area contributed by atoms with E-state index in [1.165, 1.54) is 6.92 Å². The first kappa shape index (κ1) is 30.6. The smallest absolute Gasteiger partial charge is 0.303 e. The molecule has 0 unspecified atom stereocenters. The van der Waals surface area contributed by atoms with Crippen molar-refractivity contribution in [1.82, 2.24) is 0 Å². The van der Waals surface area contributed by atoms with E-state index >= 15 is 0 Å². The zero-order valence-electron chi connectivity index (χ0n) is 24.3. The van der Waals surface area contributed by atoms with Crippen molar-refractivity contribution >= 4 is 5.97 Å². The number of esters is 1. The van der Waals surface area contributed by atoms with E-state index in [2.05, 4.69) is 0 Å². The van der Waals surface area contributed by atoms with Crippen LogP contribution in [0.1, 0.15) is 29.2 Å². The van der Waals surface area contributed by atoms with Gasteiger partial charge >= 0.3 is 5.97 Å². The average molecular weight is 583 g/mol. The van der Waals surface area contributed by atoms with Crippen molar-refractivity contribution in [3.05, 3.63) is 144 Å². The van der Waals surface area contributed by atoms with Gasteiger partial charge in [-0.1, -0.05) is 121 Å². The van der Waals surface area contributed by atoms with Crippen molar-refractivity contribution in [2.45, 2.75) is 64.1 Å². The Kier molecular flexibility index (Phi) is 11.5. The number of hydrogen-bond donors (Lipinski definition) is 0. The Hall–Kier alpha value is -3.85. The van der Waals surface area contributed by atoms with E-state index in [0.29, 0.717) is 13.2 Å². The summed E-state index contributed by atoms with van der Waals surface area (Å²) < 4.78 is 37.9. The molecule has 0 radical (unpaired) electrons. The maximum absolute atomic E-state index is 12.4. The summed E-state index contributed by atoms with van der Waals surface area (Å²) >= 11 is 0. The number of hydrogen-bond acceptors (Lipinski definition) is 7. The zero-order chi connectivity index (χ0) is 29.7. The summed E-state index contributed by atoms with van der Waals surface area (Å²) in [7, 11) is 0. The van der Waals surface area contributed by atoms with Crippen LogP contribution in [-0.4, -0.2) is 43.3 Å². The Bertz CT molecular complexity index is 1350. The van der Waals surface area contributed by atoms with E-state index in [9.17, 15) is 4.79 Å². The van der Waals surface area contributed by atoms with Gasteiger partial charge in [-0.25, -0.2) is 0 Å². The normalized spacial score (nSPS) is 21.7. The third-order valence-corrected chi connectivity index (χ3v) is 7.11. The highest BCUT2D eigenvalue weighted by Gasteiger charge is 2.50. The highest BCUT2D eigenvalue weighted by atomic mass is 16.7. The van der Waals surface area contributed by atoms with Crippen molar-refractivity contribution in [3.8, 4) is 0 Å². The molecule has 7 heteroatoms. The molecule has 4 aromatic rings. The molecule has 7 nitrogen and oxygen atoms in total. The number of rotatable bonds is 14. The van der Waals surface area contributed by atoms with Crippen molar-refractivity contribution in [3.63, 3.8) is 0 Å². The lowest BCUT2D eigenvalue weighted by molar-refractivity contribution is -0.323. The third kappa shape index (κ3) is 9.32. The summed E-state index contributed by atoms with van der Waals surface area (Å²) in [5, 5.41) is 0. The van der Waals surface area contributed by atoms with E-state index in [-0.39, 0.29) is 19.8 Å². The van der Waals surface area contributed by atoms with Crippen LogP contribution in [0, 0.1) is 0 Å². The maximum Gasteiger partial charge on any atom is 0.303 e. The molecule has 1 aliphatic rings. The van der Waals surface area contributed by atoms with Gasteiger partial charge in [0.15, 0.2) is 12.4 Å². The fraction of sp³-hybridized carbons (Fsp3) is 0.306. The zero-order valence-corrected chi connectivity index (χ0v) is 24.3. The Morgan fingerprint density at radius 3 is 1.44 bits per heavy atom. The maximum atomic E-state index is 12.4. The van der Waals surface area contributed by atoms with Crippen LogP contribution in [0.3, 0.4) is 0 Å². The summed E-state index contributed by atoms with van der Waals surface area (Å²) in [6.07, 6.45) is -3.68. The van der Waals surface area contributed by atoms with Gasteiger partial charge in [0.2, 0.25) is 0 Å². The van der Waals surface area contributed by atoms with Gasteiger partial charge in [0.05, 0.1) is 33.0 Å². The first-order chi connectivity index (χ1) is 21.2. The lowest BCUT2D eigenvalue weighted by atomic mass is 9.97. The third-order valence-electron chi connectivity index (χ3n) is 7.11. The molecule has 1 saturated heterocycles. The second kappa shape index (κ2) is 16.1. The van der Waals surface area contributed by atoms with Crippen molar-refractivity contribution in [2.75, 3.05) is 6.61 Å². The second-order valence-corrected chi connectivity index (χ2v) is 10.4. The van der Waals surface area contributed by atoms with E-state index in [1.54, 1.807) is 0 Å². The van der Waals surface area contributed by atoms with Crippen LogP contribution in [0.2, 0.25) is 0 Å². The number of carbonyl (C=O) groups is 1. The minimum Gasteiger partial charge on any atom is -0.454 e. The lowest BCUT2D eigenvalue weighted by Gasteiger charge is -2.45. The molecular weight excluding hydrogens is 544 g/mol. The number of carbonyl (C=O) groups excluding carboxylic acids is 1. The second-order valence-electron chi connectivity index (χ2n) is 10.4. The van der Waals surface area contributed by atoms with Crippen LogP contribution in [0.15, 0.2) is 121 Å². The Morgan fingerprint density at radius 2 is 0.977 bits per heavy atom. The Morgan fingerprint density at radius 1 is 0.558 bits per heavy atom. The van der Waals surface area contributed by atoms with Gasteiger partial charge < -0.3 is 28.4 Å². The minimum absolute atomic E-state index is 0.220. The van der Waals surface area contributed by atoms with Gasteiger partial charge in [0, 0.05) is 6.92 Å². The molecule has 0 saturated carbocycles. The van der Waals surface area contributed by atoms with Crippen molar-refractivity contribution in [1.29, 1.82) is 0 Å². The molecule has 4 aromatic carbocycles. The molecule has 5 rings (SSSR count). The molecule has 1 aliphatic heterocycles. The first-order valence-corrected chi connectivity index (χ1v) is 14.6. The van der Waals surface area contributed by atoms with Crippen LogP contribution >= 0.6 is 0 Å². The highest BCUT2D eigenvalue weighted by molar-refractivity contribution is 5.66. The molecule has 1 fully saturated rings. The topological polar surface area (TPSA) is 72.5 Å². The molecule has 1 heterocycles. The molecule has 0 N–H and O–H groups in total. The predicted octanol–water partition coefficient (Wildman–Crippen LogP) is 6.25. The van der Waals surface area contributed by atoms with Crippen molar-refractivity contribution in [2.24, 2.45) is 0 Å². The van der Waals surface area contributed by atoms with Crippen LogP contribution in [-0.2, 0) is 59.6 Å². The fourth-order valence-corrected chi connectivity index (χ4v) is 5.01. The van der Waals surface area contributed by atoms with Gasteiger partial charge in [-0.15, -0.1) is 0 Å². The van der Waals surface area contributed by atoms with Crippen LogP contribution in [0.4, 0.5) is 0 Å². The van der Waals surface area contributed by atoms with Gasteiger partial charge in [0.25, 0.3) is 0 Å². The molecule has 224 valence electrons. The van der Waals surface area contributed by atoms with Gasteiger partial charge in [-0.2, -0.15) is 0 Å². The lowest BCUT2D eigenvalue weighted by Crippen LogP contribution is -2.62. The average Bonchev–Trinajstić information content (AvgIpc) is 3.05. The quantitative estimate of drug-likeness (QED) is 0.163. The standard InChI is InChI=1S/C36H38O7/c1-27(37)42-35-34(40-24-30-18-10-4-11-19-30)33(39-23-29-16-8-3-9-17-29)32(26-38-22-28-14-6-2-7-15-28)43-36(35)41-25-31-20-12-5-13-21-31/h2-21,32-36H,22-26H2,1H3/t32-,33-,34+,35+,36+/m1/s1. The number of benzene rings is 4. The van der Waals surface area contributed by atoms with Gasteiger partial charge in [-0.3, -0.25) is 4.79 Å². The van der Waals surface area contributed by atoms with Crippen molar-refractivity contribution < 1.29 is 33.2 Å². The minimum atomic E-state index is -0.910. The van der Waals surface area contributed by atoms with E-state index < -0.39 is 36.7 Å². The molecular formula is C36H38O7. The monoisotopic (exact) mass is 582 g/mol. The highest BCUT2D eigenvalue weighted by Crippen LogP contribution is 2.31. The summed E-state index contributed by atoms with van der Waals surface area (Å²) in [5.41, 5.74) is 4.00. The van der Waals surface area contributed by atoms with E-state index in [1.807, 2.05) is 121 Å². The Balaban J connectivity index is 1.41. The van der Waals surface area contributed by atoms with E-state index in [0.717, 1.165) is 22.3 Å². The molecule has 0 amide bonds. The summed E-state index contributed by atoms with van der Waals surface area (Å²) in [4.78, 5) is 12.4. The molecule has 0 spiro atoms. The van der Waals surface area contributed by atoms with Gasteiger partial charge in [-0.05, 0) is 22.3 Å². The molecule has 0 aliphatic carbocycles. The van der Waals surface area contributed by atoms with Gasteiger partial charge in [0.1, 0.15) is 18.3 Å². The molecule has 43 heavy (non-hydrogen) atoms. The molecule has 0 aromatic heterocycles. The molecule has 5 atom stereocenters. The summed E-state index contributed by atoms with van der Waals surface area (Å²) in [5.74, 6) is -0.462. The van der Waals surface area contributed by atoms with Crippen LogP contribution in [0.25, 0.3) is 0 Å². The SMILES string of the molecule is CC(=O)O[C@@H]1[C@@H](OCc2ccccc2)O[C@H](COCc2ccccc2)[C@@H](OCc2ccccc2)[C@@H]1OCc1ccccc1. The van der Waals surface area contributed by atoms with Crippen LogP contribution in [0.5, 0.6) is 0 Å². The predicted molar refractivity (Wildman–Crippen MR) is 162 cm³/mol.